The summed E-state index contributed by atoms with van der Waals surface area (Å²) in [6, 6.07) is 29.2. The third kappa shape index (κ3) is 5.35. The van der Waals surface area contributed by atoms with E-state index >= 15 is 0 Å². The molecule has 0 aliphatic heterocycles. The van der Waals surface area contributed by atoms with Crippen molar-refractivity contribution >= 4 is 44.9 Å². The number of aromatic amines is 1. The fourth-order valence-corrected chi connectivity index (χ4v) is 4.41. The summed E-state index contributed by atoms with van der Waals surface area (Å²) >= 11 is 3.43. The lowest BCUT2D eigenvalue weighted by molar-refractivity contribution is 0.0734. The smallest absolute Gasteiger partial charge is 0.343 e. The maximum absolute atomic E-state index is 13.2. The summed E-state index contributed by atoms with van der Waals surface area (Å²) < 4.78 is 11.5. The number of fused-ring (bicyclic) bond motifs is 1. The Bertz CT molecular complexity index is 1640. The van der Waals surface area contributed by atoms with Gasteiger partial charge >= 0.3 is 5.97 Å². The van der Waals surface area contributed by atoms with Gasteiger partial charge in [0.1, 0.15) is 17.2 Å². The number of carbonyl (C=O) groups is 2. The molecule has 1 heterocycles. The van der Waals surface area contributed by atoms with Gasteiger partial charge in [0.05, 0.1) is 18.9 Å². The van der Waals surface area contributed by atoms with Crippen molar-refractivity contribution in [3.8, 4) is 22.6 Å². The number of hydrazone groups is 1. The van der Waals surface area contributed by atoms with Crippen molar-refractivity contribution in [3.05, 3.63) is 118 Å². The summed E-state index contributed by atoms with van der Waals surface area (Å²) in [6.45, 7) is 0. The quantitative estimate of drug-likeness (QED) is 0.100. The fraction of sp³-hybridized carbons (Fsp3) is 0.0333. The minimum absolute atomic E-state index is 0.294. The van der Waals surface area contributed by atoms with Crippen LogP contribution in [0.3, 0.4) is 0 Å². The number of esters is 1. The number of halogens is 1. The van der Waals surface area contributed by atoms with Gasteiger partial charge in [-0.1, -0.05) is 64.5 Å². The number of ether oxygens (including phenoxy) is 2. The zero-order valence-electron chi connectivity index (χ0n) is 20.3. The largest absolute Gasteiger partial charge is 0.497 e. The van der Waals surface area contributed by atoms with Gasteiger partial charge in [-0.25, -0.2) is 10.2 Å². The minimum atomic E-state index is -0.528. The molecule has 0 saturated heterocycles. The second kappa shape index (κ2) is 11.1. The molecule has 1 aromatic heterocycles. The van der Waals surface area contributed by atoms with Crippen molar-refractivity contribution in [1.82, 2.24) is 10.4 Å². The van der Waals surface area contributed by atoms with Gasteiger partial charge in [0.15, 0.2) is 0 Å². The number of nitrogens with zero attached hydrogens (tertiary/aromatic N) is 1. The number of amides is 1. The first-order valence-electron chi connectivity index (χ1n) is 11.7. The molecular weight excluding hydrogens is 546 g/mol. The van der Waals surface area contributed by atoms with Crippen molar-refractivity contribution in [2.75, 3.05) is 7.11 Å². The van der Waals surface area contributed by atoms with Crippen molar-refractivity contribution in [1.29, 1.82) is 0 Å². The number of hydrogen-bond donors (Lipinski definition) is 2. The van der Waals surface area contributed by atoms with E-state index in [0.717, 1.165) is 26.5 Å². The lowest BCUT2D eigenvalue weighted by Gasteiger charge is -2.09. The molecule has 0 saturated carbocycles. The number of benzene rings is 4. The third-order valence-corrected chi connectivity index (χ3v) is 6.36. The number of methoxy groups -OCH3 is 1. The van der Waals surface area contributed by atoms with Crippen molar-refractivity contribution in [3.63, 3.8) is 0 Å². The lowest BCUT2D eigenvalue weighted by atomic mass is 10.0. The van der Waals surface area contributed by atoms with Crippen LogP contribution in [0.2, 0.25) is 0 Å². The van der Waals surface area contributed by atoms with Gasteiger partial charge in [-0.2, -0.15) is 5.10 Å². The Morgan fingerprint density at radius 1 is 0.921 bits per heavy atom. The second-order valence-corrected chi connectivity index (χ2v) is 9.20. The Kier molecular flexibility index (Phi) is 7.33. The third-order valence-electron chi connectivity index (χ3n) is 5.87. The highest BCUT2D eigenvalue weighted by molar-refractivity contribution is 9.10. The standard InChI is InChI=1S/C30H22BrN3O4/c1-37-23-14-11-20(12-15-23)30(36)38-26-16-13-22(31)17-21(26)18-32-34-29(35)28-27(19-7-3-2-4-8-19)24-9-5-6-10-25(24)33-28/h2-18,33H,1H3,(H,34,35). The van der Waals surface area contributed by atoms with Crippen LogP contribution in [0.25, 0.3) is 22.0 Å². The van der Waals surface area contributed by atoms with Crippen LogP contribution in [-0.2, 0) is 0 Å². The number of hydrogen-bond acceptors (Lipinski definition) is 5. The summed E-state index contributed by atoms with van der Waals surface area (Å²) in [5, 5.41) is 5.09. The highest BCUT2D eigenvalue weighted by atomic mass is 79.9. The number of nitrogens with one attached hydrogen (secondary N) is 2. The maximum atomic E-state index is 13.2. The van der Waals surface area contributed by atoms with Crippen LogP contribution in [0.1, 0.15) is 26.4 Å². The van der Waals surface area contributed by atoms with E-state index in [4.69, 9.17) is 9.47 Å². The average Bonchev–Trinajstić information content (AvgIpc) is 3.35. The number of rotatable bonds is 7. The molecule has 0 aliphatic rings. The molecule has 0 bridgehead atoms. The molecule has 0 atom stereocenters. The first kappa shape index (κ1) is 25.0. The molecule has 0 spiro atoms. The molecule has 2 N–H and O–H groups in total. The molecular formula is C30H22BrN3O4. The highest BCUT2D eigenvalue weighted by Crippen LogP contribution is 2.32. The predicted molar refractivity (Wildman–Crippen MR) is 151 cm³/mol. The van der Waals surface area contributed by atoms with Gasteiger partial charge < -0.3 is 14.5 Å². The molecule has 38 heavy (non-hydrogen) atoms. The number of para-hydroxylation sites is 1. The summed E-state index contributed by atoms with van der Waals surface area (Å²) in [5.74, 6) is 0.00376. The lowest BCUT2D eigenvalue weighted by Crippen LogP contribution is -2.19. The van der Waals surface area contributed by atoms with Crippen LogP contribution in [0, 0.1) is 0 Å². The normalized spacial score (nSPS) is 11.0. The molecule has 0 aliphatic carbocycles. The molecule has 8 heteroatoms. The number of carbonyl (C=O) groups excluding carboxylic acids is 2. The van der Waals surface area contributed by atoms with Gasteiger partial charge in [0.2, 0.25) is 0 Å². The maximum Gasteiger partial charge on any atom is 0.343 e. The molecule has 5 rings (SSSR count). The number of aromatic nitrogens is 1. The van der Waals surface area contributed by atoms with Gasteiger partial charge in [-0.3, -0.25) is 4.79 Å². The van der Waals surface area contributed by atoms with E-state index in [1.807, 2.05) is 54.6 Å². The van der Waals surface area contributed by atoms with E-state index in [2.05, 4.69) is 31.4 Å². The molecule has 5 aromatic rings. The summed E-state index contributed by atoms with van der Waals surface area (Å²) in [5.41, 5.74) is 6.42. The van der Waals surface area contributed by atoms with E-state index < -0.39 is 11.9 Å². The molecule has 0 radical (unpaired) electrons. The molecule has 4 aromatic carbocycles. The van der Waals surface area contributed by atoms with Crippen molar-refractivity contribution in [2.45, 2.75) is 0 Å². The summed E-state index contributed by atoms with van der Waals surface area (Å²) in [4.78, 5) is 29.1. The Morgan fingerprint density at radius 2 is 1.66 bits per heavy atom. The Balaban J connectivity index is 1.38. The van der Waals surface area contributed by atoms with Crippen molar-refractivity contribution in [2.24, 2.45) is 5.10 Å². The first-order valence-corrected chi connectivity index (χ1v) is 12.5. The van der Waals surface area contributed by atoms with E-state index in [0.29, 0.717) is 28.3 Å². The van der Waals surface area contributed by atoms with Crippen LogP contribution in [0.5, 0.6) is 11.5 Å². The van der Waals surface area contributed by atoms with Gasteiger partial charge in [-0.15, -0.1) is 0 Å². The molecule has 1 amide bonds. The zero-order chi connectivity index (χ0) is 26.5. The molecule has 0 fully saturated rings. The van der Waals surface area contributed by atoms with E-state index in [1.54, 1.807) is 49.6 Å². The van der Waals surface area contributed by atoms with Crippen LogP contribution in [0.15, 0.2) is 107 Å². The van der Waals surface area contributed by atoms with Crippen LogP contribution in [0.4, 0.5) is 0 Å². The fourth-order valence-electron chi connectivity index (χ4n) is 4.03. The minimum Gasteiger partial charge on any atom is -0.497 e. The zero-order valence-corrected chi connectivity index (χ0v) is 21.9. The van der Waals surface area contributed by atoms with Crippen LogP contribution >= 0.6 is 15.9 Å². The van der Waals surface area contributed by atoms with Crippen LogP contribution < -0.4 is 14.9 Å². The first-order chi connectivity index (χ1) is 18.5. The Labute approximate surface area is 227 Å². The van der Waals surface area contributed by atoms with Crippen LogP contribution in [-0.4, -0.2) is 30.2 Å². The van der Waals surface area contributed by atoms with E-state index in [9.17, 15) is 9.59 Å². The molecule has 188 valence electrons. The summed E-state index contributed by atoms with van der Waals surface area (Å²) in [6.07, 6.45) is 1.43. The average molecular weight is 568 g/mol. The van der Waals surface area contributed by atoms with Gasteiger partial charge in [0.25, 0.3) is 5.91 Å². The Morgan fingerprint density at radius 3 is 2.42 bits per heavy atom. The van der Waals surface area contributed by atoms with Gasteiger partial charge in [-0.05, 0) is 54.1 Å². The number of H-pyrrole nitrogens is 1. The SMILES string of the molecule is COc1ccc(C(=O)Oc2ccc(Br)cc2C=NNC(=O)c2[nH]c3ccccc3c2-c2ccccc2)cc1. The highest BCUT2D eigenvalue weighted by Gasteiger charge is 2.19. The molecule has 7 nitrogen and oxygen atoms in total. The molecule has 0 unspecified atom stereocenters. The van der Waals surface area contributed by atoms with Gasteiger partial charge in [0, 0.05) is 26.5 Å². The monoisotopic (exact) mass is 567 g/mol. The van der Waals surface area contributed by atoms with Crippen molar-refractivity contribution < 1.29 is 19.1 Å². The van der Waals surface area contributed by atoms with E-state index in [1.165, 1.54) is 6.21 Å². The Hall–Kier alpha value is -4.69. The predicted octanol–water partition coefficient (Wildman–Crippen LogP) is 6.59. The summed E-state index contributed by atoms with van der Waals surface area (Å²) in [7, 11) is 1.56. The second-order valence-electron chi connectivity index (χ2n) is 8.29. The topological polar surface area (TPSA) is 92.8 Å². The van der Waals surface area contributed by atoms with E-state index in [-0.39, 0.29) is 0 Å².